The first-order chi connectivity index (χ1) is 9.11. The van der Waals surface area contributed by atoms with E-state index in [1.165, 1.54) is 7.11 Å². The average Bonchev–Trinajstić information content (AvgIpc) is 2.46. The number of amides is 1. The summed E-state index contributed by atoms with van der Waals surface area (Å²) in [5, 5.41) is 0. The van der Waals surface area contributed by atoms with Gasteiger partial charge >= 0.3 is 5.97 Å². The van der Waals surface area contributed by atoms with Crippen LogP contribution in [0.15, 0.2) is 0 Å². The Hall–Kier alpha value is -1.10. The first-order valence-electron chi connectivity index (χ1n) is 7.17. The molecule has 0 bridgehead atoms. The Kier molecular flexibility index (Phi) is 4.80. The van der Waals surface area contributed by atoms with Gasteiger partial charge < -0.3 is 14.5 Å². The maximum atomic E-state index is 12.4. The third-order valence-electron chi connectivity index (χ3n) is 4.43. The van der Waals surface area contributed by atoms with E-state index in [-0.39, 0.29) is 23.7 Å². The molecule has 1 heterocycles. The molecule has 108 valence electrons. The predicted molar refractivity (Wildman–Crippen MR) is 71.5 cm³/mol. The van der Waals surface area contributed by atoms with Crippen molar-refractivity contribution in [1.82, 2.24) is 9.80 Å². The van der Waals surface area contributed by atoms with Gasteiger partial charge in [-0.05, 0) is 32.7 Å². The molecule has 0 aromatic rings. The van der Waals surface area contributed by atoms with Crippen LogP contribution >= 0.6 is 0 Å². The lowest BCUT2D eigenvalue weighted by Gasteiger charge is -2.36. The fourth-order valence-electron chi connectivity index (χ4n) is 3.03. The minimum atomic E-state index is -0.120. The van der Waals surface area contributed by atoms with Crippen LogP contribution in [0.25, 0.3) is 0 Å². The van der Waals surface area contributed by atoms with Crippen molar-refractivity contribution < 1.29 is 14.3 Å². The number of piperazine rings is 1. The van der Waals surface area contributed by atoms with Crippen molar-refractivity contribution in [1.29, 1.82) is 0 Å². The monoisotopic (exact) mass is 268 g/mol. The minimum absolute atomic E-state index is 0.00143. The first kappa shape index (κ1) is 14.3. The number of hydrogen-bond donors (Lipinski definition) is 0. The number of rotatable bonds is 2. The van der Waals surface area contributed by atoms with Crippen LogP contribution in [0.5, 0.6) is 0 Å². The molecule has 1 aliphatic carbocycles. The van der Waals surface area contributed by atoms with Crippen LogP contribution in [0.2, 0.25) is 0 Å². The highest BCUT2D eigenvalue weighted by atomic mass is 16.5. The zero-order valence-corrected chi connectivity index (χ0v) is 11.9. The summed E-state index contributed by atoms with van der Waals surface area (Å²) in [4.78, 5) is 28.1. The number of carbonyl (C=O) groups excluding carboxylic acids is 2. The Balaban J connectivity index is 1.81. The van der Waals surface area contributed by atoms with E-state index in [0.717, 1.165) is 51.9 Å². The summed E-state index contributed by atoms with van der Waals surface area (Å²) in [7, 11) is 3.52. The van der Waals surface area contributed by atoms with Crippen molar-refractivity contribution in [2.24, 2.45) is 11.8 Å². The molecule has 2 fully saturated rings. The zero-order chi connectivity index (χ0) is 13.8. The summed E-state index contributed by atoms with van der Waals surface area (Å²) in [5.41, 5.74) is 0. The summed E-state index contributed by atoms with van der Waals surface area (Å²) in [6.07, 6.45) is 3.23. The number of ether oxygens (including phenoxy) is 1. The van der Waals surface area contributed by atoms with Gasteiger partial charge in [-0.1, -0.05) is 0 Å². The number of likely N-dealkylation sites (N-methyl/N-ethyl adjacent to an activating group) is 1. The molecule has 19 heavy (non-hydrogen) atoms. The molecule has 0 unspecified atom stereocenters. The predicted octanol–water partition coefficient (Wildman–Crippen LogP) is 0.740. The van der Waals surface area contributed by atoms with E-state index in [1.807, 2.05) is 4.90 Å². The topological polar surface area (TPSA) is 49.9 Å². The first-order valence-corrected chi connectivity index (χ1v) is 7.17. The lowest BCUT2D eigenvalue weighted by atomic mass is 9.81. The molecule has 0 atom stereocenters. The van der Waals surface area contributed by atoms with Gasteiger partial charge in [0, 0.05) is 32.1 Å². The van der Waals surface area contributed by atoms with E-state index in [2.05, 4.69) is 11.9 Å². The van der Waals surface area contributed by atoms with Gasteiger partial charge in [0.2, 0.25) is 5.91 Å². The summed E-state index contributed by atoms with van der Waals surface area (Å²) >= 11 is 0. The van der Waals surface area contributed by atoms with Crippen molar-refractivity contribution in [2.75, 3.05) is 40.3 Å². The van der Waals surface area contributed by atoms with Crippen LogP contribution in [-0.4, -0.2) is 62.0 Å². The average molecular weight is 268 g/mol. The standard InChI is InChI=1S/C14H24N2O3/c1-15-7-9-16(10-8-15)13(17)11-3-5-12(6-4-11)14(18)19-2/h11-12H,3-10H2,1-2H3/t11-,12-. The van der Waals surface area contributed by atoms with Crippen LogP contribution in [0.4, 0.5) is 0 Å². The third kappa shape index (κ3) is 3.47. The van der Waals surface area contributed by atoms with Crippen molar-refractivity contribution in [2.45, 2.75) is 25.7 Å². The van der Waals surface area contributed by atoms with Gasteiger partial charge in [0.25, 0.3) is 0 Å². The zero-order valence-electron chi connectivity index (χ0n) is 11.9. The molecule has 0 radical (unpaired) electrons. The SMILES string of the molecule is COC(=O)[C@H]1CC[C@H](C(=O)N2CCN(C)CC2)CC1. The Bertz CT molecular complexity index is 330. The van der Waals surface area contributed by atoms with Crippen molar-refractivity contribution in [3.8, 4) is 0 Å². The molecule has 0 aromatic carbocycles. The Morgan fingerprint density at radius 3 is 2.00 bits per heavy atom. The second kappa shape index (κ2) is 6.37. The molecule has 0 N–H and O–H groups in total. The lowest BCUT2D eigenvalue weighted by molar-refractivity contribution is -0.149. The van der Waals surface area contributed by atoms with E-state index in [4.69, 9.17) is 4.74 Å². The van der Waals surface area contributed by atoms with Crippen LogP contribution in [0.3, 0.4) is 0 Å². The molecule has 1 saturated carbocycles. The van der Waals surface area contributed by atoms with Gasteiger partial charge in [-0.15, -0.1) is 0 Å². The molecular weight excluding hydrogens is 244 g/mol. The number of methoxy groups -OCH3 is 1. The minimum Gasteiger partial charge on any atom is -0.469 e. The normalized spacial score (nSPS) is 29.1. The number of nitrogens with zero attached hydrogens (tertiary/aromatic N) is 2. The molecule has 2 aliphatic rings. The maximum Gasteiger partial charge on any atom is 0.308 e. The fraction of sp³-hybridized carbons (Fsp3) is 0.857. The van der Waals surface area contributed by atoms with Crippen LogP contribution in [0, 0.1) is 11.8 Å². The molecule has 1 amide bonds. The van der Waals surface area contributed by atoms with Crippen LogP contribution < -0.4 is 0 Å². The molecular formula is C14H24N2O3. The van der Waals surface area contributed by atoms with Gasteiger partial charge in [-0.2, -0.15) is 0 Å². The van der Waals surface area contributed by atoms with E-state index >= 15 is 0 Å². The Morgan fingerprint density at radius 2 is 1.47 bits per heavy atom. The van der Waals surface area contributed by atoms with Gasteiger partial charge in [0.1, 0.15) is 0 Å². The quantitative estimate of drug-likeness (QED) is 0.693. The summed E-state index contributed by atoms with van der Waals surface area (Å²) in [6, 6.07) is 0. The van der Waals surface area contributed by atoms with E-state index in [0.29, 0.717) is 0 Å². The summed E-state index contributed by atoms with van der Waals surface area (Å²) in [5.74, 6) is 0.285. The van der Waals surface area contributed by atoms with Crippen LogP contribution in [-0.2, 0) is 14.3 Å². The van der Waals surface area contributed by atoms with E-state index in [9.17, 15) is 9.59 Å². The van der Waals surface area contributed by atoms with Crippen LogP contribution in [0.1, 0.15) is 25.7 Å². The van der Waals surface area contributed by atoms with Gasteiger partial charge in [-0.25, -0.2) is 0 Å². The van der Waals surface area contributed by atoms with Crippen molar-refractivity contribution in [3.63, 3.8) is 0 Å². The van der Waals surface area contributed by atoms with E-state index < -0.39 is 0 Å². The Morgan fingerprint density at radius 1 is 0.947 bits per heavy atom. The Labute approximate surface area is 114 Å². The molecule has 1 aliphatic heterocycles. The number of esters is 1. The van der Waals surface area contributed by atoms with Gasteiger partial charge in [-0.3, -0.25) is 9.59 Å². The van der Waals surface area contributed by atoms with Crippen molar-refractivity contribution >= 4 is 11.9 Å². The molecule has 0 aromatic heterocycles. The largest absolute Gasteiger partial charge is 0.469 e. The molecule has 5 heteroatoms. The van der Waals surface area contributed by atoms with Gasteiger partial charge in [0.15, 0.2) is 0 Å². The fourth-order valence-corrected chi connectivity index (χ4v) is 3.03. The van der Waals surface area contributed by atoms with Gasteiger partial charge in [0.05, 0.1) is 13.0 Å². The second-order valence-corrected chi connectivity index (χ2v) is 5.70. The lowest BCUT2D eigenvalue weighted by Crippen LogP contribution is -2.49. The van der Waals surface area contributed by atoms with E-state index in [1.54, 1.807) is 0 Å². The second-order valence-electron chi connectivity index (χ2n) is 5.70. The summed E-state index contributed by atoms with van der Waals surface area (Å²) < 4.78 is 4.77. The number of hydrogen-bond acceptors (Lipinski definition) is 4. The molecule has 1 saturated heterocycles. The summed E-state index contributed by atoms with van der Waals surface area (Å²) in [6.45, 7) is 3.60. The molecule has 0 spiro atoms. The third-order valence-corrected chi connectivity index (χ3v) is 4.43. The van der Waals surface area contributed by atoms with Crippen molar-refractivity contribution in [3.05, 3.63) is 0 Å². The number of carbonyl (C=O) groups is 2. The smallest absolute Gasteiger partial charge is 0.308 e. The highest BCUT2D eigenvalue weighted by molar-refractivity contribution is 5.79. The molecule has 2 rings (SSSR count). The highest BCUT2D eigenvalue weighted by Gasteiger charge is 2.33. The molecule has 5 nitrogen and oxygen atoms in total. The maximum absolute atomic E-state index is 12.4. The highest BCUT2D eigenvalue weighted by Crippen LogP contribution is 2.30.